The number of rotatable bonds is 4. The minimum Gasteiger partial charge on any atom is -0.489 e. The molecule has 4 nitrogen and oxygen atoms in total. The summed E-state index contributed by atoms with van der Waals surface area (Å²) in [6.07, 6.45) is 16.7. The zero-order valence-corrected chi connectivity index (χ0v) is 17.3. The van der Waals surface area contributed by atoms with Crippen LogP contribution in [0.2, 0.25) is 0 Å². The van der Waals surface area contributed by atoms with E-state index in [4.69, 9.17) is 4.74 Å². The third-order valence-corrected chi connectivity index (χ3v) is 7.08. The quantitative estimate of drug-likeness (QED) is 0.670. The van der Waals surface area contributed by atoms with Crippen LogP contribution in [-0.2, 0) is 0 Å². The topological polar surface area (TPSA) is 38.2 Å². The highest BCUT2D eigenvalue weighted by Gasteiger charge is 2.40. The van der Waals surface area contributed by atoms with E-state index in [0.717, 1.165) is 18.9 Å². The van der Waals surface area contributed by atoms with Gasteiger partial charge in [-0.25, -0.2) is 9.97 Å². The van der Waals surface area contributed by atoms with Crippen molar-refractivity contribution < 1.29 is 17.9 Å². The average molecular weight is 420 g/mol. The van der Waals surface area contributed by atoms with Crippen LogP contribution in [0.25, 0.3) is 0 Å². The van der Waals surface area contributed by atoms with Gasteiger partial charge in [0, 0.05) is 6.54 Å². The van der Waals surface area contributed by atoms with Crippen LogP contribution in [0, 0.1) is 5.41 Å². The lowest BCUT2D eigenvalue weighted by Crippen LogP contribution is -2.47. The predicted molar refractivity (Wildman–Crippen MR) is 108 cm³/mol. The second-order valence-electron chi connectivity index (χ2n) is 7.63. The van der Waals surface area contributed by atoms with Gasteiger partial charge in [0.15, 0.2) is 5.75 Å². The first kappa shape index (κ1) is 23.3. The smallest absolute Gasteiger partial charge is 0.379 e. The molecular weight excluding hydrogens is 387 g/mol. The Bertz CT molecular complexity index is 492. The fourth-order valence-corrected chi connectivity index (χ4v) is 5.00. The van der Waals surface area contributed by atoms with Crippen molar-refractivity contribution in [3.8, 4) is 5.75 Å². The SMILES string of the molecule is C1CCCCC1.FC(F)F.c1ncc(OCCN2CCC3(CC2)CSC3)cn1. The summed E-state index contributed by atoms with van der Waals surface area (Å²) < 4.78 is 34.6. The van der Waals surface area contributed by atoms with Crippen LogP contribution in [0.1, 0.15) is 51.4 Å². The van der Waals surface area contributed by atoms with E-state index in [1.54, 1.807) is 12.4 Å². The zero-order valence-electron chi connectivity index (χ0n) is 16.5. The number of thioether (sulfide) groups is 1. The molecule has 3 heterocycles. The summed E-state index contributed by atoms with van der Waals surface area (Å²) in [4.78, 5) is 10.4. The van der Waals surface area contributed by atoms with Crippen molar-refractivity contribution in [2.45, 2.75) is 58.0 Å². The van der Waals surface area contributed by atoms with E-state index in [-0.39, 0.29) is 0 Å². The van der Waals surface area contributed by atoms with Gasteiger partial charge in [-0.15, -0.1) is 0 Å². The van der Waals surface area contributed by atoms with E-state index >= 15 is 0 Å². The van der Waals surface area contributed by atoms with Crippen LogP contribution in [-0.4, -0.2) is 59.3 Å². The Morgan fingerprint density at radius 3 is 1.89 bits per heavy atom. The molecule has 2 aliphatic heterocycles. The molecule has 0 N–H and O–H groups in total. The summed E-state index contributed by atoms with van der Waals surface area (Å²) in [5, 5.41) is 0. The number of aromatic nitrogens is 2. The highest BCUT2D eigenvalue weighted by atomic mass is 32.2. The van der Waals surface area contributed by atoms with Gasteiger partial charge in [-0.05, 0) is 42.9 Å². The number of likely N-dealkylation sites (tertiary alicyclic amines) is 1. The Morgan fingerprint density at radius 1 is 0.964 bits per heavy atom. The monoisotopic (exact) mass is 419 g/mol. The van der Waals surface area contributed by atoms with E-state index < -0.39 is 6.68 Å². The number of halogens is 3. The van der Waals surface area contributed by atoms with Gasteiger partial charge in [-0.3, -0.25) is 4.90 Å². The van der Waals surface area contributed by atoms with Crippen LogP contribution in [0.4, 0.5) is 13.2 Å². The Kier molecular flexibility index (Phi) is 11.0. The maximum atomic E-state index is 9.67. The molecule has 4 rings (SSSR count). The summed E-state index contributed by atoms with van der Waals surface area (Å²) in [5.74, 6) is 3.54. The zero-order chi connectivity index (χ0) is 20.1. The molecule has 2 saturated heterocycles. The Labute approximate surface area is 170 Å². The van der Waals surface area contributed by atoms with Crippen molar-refractivity contribution in [2.24, 2.45) is 5.41 Å². The van der Waals surface area contributed by atoms with Crippen LogP contribution >= 0.6 is 11.8 Å². The molecule has 1 aliphatic carbocycles. The van der Waals surface area contributed by atoms with Gasteiger partial charge in [0.25, 0.3) is 0 Å². The summed E-state index contributed by atoms with van der Waals surface area (Å²) in [5.41, 5.74) is 0.704. The Morgan fingerprint density at radius 2 is 1.46 bits per heavy atom. The van der Waals surface area contributed by atoms with Gasteiger partial charge < -0.3 is 4.74 Å². The molecule has 3 fully saturated rings. The van der Waals surface area contributed by atoms with Crippen LogP contribution in [0.5, 0.6) is 5.75 Å². The molecule has 0 amide bonds. The molecule has 3 aliphatic rings. The summed E-state index contributed by atoms with van der Waals surface area (Å²) in [6, 6.07) is 0. The van der Waals surface area contributed by atoms with Crippen molar-refractivity contribution in [1.82, 2.24) is 14.9 Å². The number of hydrogen-bond acceptors (Lipinski definition) is 5. The maximum absolute atomic E-state index is 9.67. The van der Waals surface area contributed by atoms with Gasteiger partial charge >= 0.3 is 6.68 Å². The van der Waals surface area contributed by atoms with Gasteiger partial charge in [0.05, 0.1) is 12.4 Å². The Hall–Kier alpha value is -1.02. The van der Waals surface area contributed by atoms with Gasteiger partial charge in [-0.2, -0.15) is 24.9 Å². The molecule has 28 heavy (non-hydrogen) atoms. The van der Waals surface area contributed by atoms with Crippen molar-refractivity contribution in [1.29, 1.82) is 0 Å². The normalized spacial score (nSPS) is 21.0. The van der Waals surface area contributed by atoms with E-state index in [9.17, 15) is 13.2 Å². The first-order chi connectivity index (χ1) is 13.6. The van der Waals surface area contributed by atoms with E-state index in [0.29, 0.717) is 5.41 Å². The van der Waals surface area contributed by atoms with Crippen molar-refractivity contribution in [3.05, 3.63) is 18.7 Å². The van der Waals surface area contributed by atoms with Gasteiger partial charge in [-0.1, -0.05) is 38.5 Å². The van der Waals surface area contributed by atoms with Crippen molar-refractivity contribution in [3.63, 3.8) is 0 Å². The van der Waals surface area contributed by atoms with E-state index in [1.807, 2.05) is 0 Å². The standard InChI is InChI=1S/C13H19N3OS.C6H12.CHF3/c1-3-16(4-2-13(1)9-18-10-13)5-6-17-12-7-14-11-15-8-12;1-2-4-6-5-3-1;2-1(3)4/h7-8,11H,1-6,9-10H2;1-6H2;1H. The largest absolute Gasteiger partial charge is 0.489 e. The first-order valence-electron chi connectivity index (χ1n) is 10.2. The van der Waals surface area contributed by atoms with E-state index in [2.05, 4.69) is 26.6 Å². The van der Waals surface area contributed by atoms with Crippen LogP contribution in [0.15, 0.2) is 18.7 Å². The molecule has 1 saturated carbocycles. The van der Waals surface area contributed by atoms with Crippen molar-refractivity contribution in [2.75, 3.05) is 37.7 Å². The molecule has 1 aromatic heterocycles. The first-order valence-corrected chi connectivity index (χ1v) is 11.4. The van der Waals surface area contributed by atoms with Crippen molar-refractivity contribution >= 4 is 11.8 Å². The van der Waals surface area contributed by atoms with E-state index in [1.165, 1.54) is 82.3 Å². The number of piperidine rings is 1. The molecule has 0 atom stereocenters. The number of hydrogen-bond donors (Lipinski definition) is 0. The lowest BCUT2D eigenvalue weighted by Gasteiger charge is -2.47. The van der Waals surface area contributed by atoms with Gasteiger partial charge in [0.1, 0.15) is 12.9 Å². The van der Waals surface area contributed by atoms with Gasteiger partial charge in [0.2, 0.25) is 0 Å². The highest BCUT2D eigenvalue weighted by Crippen LogP contribution is 2.45. The second-order valence-corrected chi connectivity index (χ2v) is 8.61. The van der Waals surface area contributed by atoms with Crippen LogP contribution in [0.3, 0.4) is 0 Å². The highest BCUT2D eigenvalue weighted by molar-refractivity contribution is 8.00. The molecule has 8 heteroatoms. The number of alkyl halides is 3. The molecule has 0 unspecified atom stereocenters. The molecule has 0 aromatic carbocycles. The molecule has 0 radical (unpaired) electrons. The summed E-state index contributed by atoms with van der Waals surface area (Å²) >= 11 is 2.10. The average Bonchev–Trinajstić information content (AvgIpc) is 2.70. The molecule has 0 bridgehead atoms. The summed E-state index contributed by atoms with van der Waals surface area (Å²) in [7, 11) is 0. The third kappa shape index (κ3) is 9.45. The second kappa shape index (κ2) is 13.2. The lowest BCUT2D eigenvalue weighted by atomic mass is 9.81. The Balaban J connectivity index is 0.000000232. The minimum atomic E-state index is -3.67. The molecule has 1 aromatic rings. The molecule has 1 spiro atoms. The van der Waals surface area contributed by atoms with Crippen LogP contribution < -0.4 is 4.74 Å². The predicted octanol–water partition coefficient (Wildman–Crippen LogP) is 5.20. The number of ether oxygens (including phenoxy) is 1. The molecule has 160 valence electrons. The molecular formula is C20H32F3N3OS. The fraction of sp³-hybridized carbons (Fsp3) is 0.800. The lowest BCUT2D eigenvalue weighted by molar-refractivity contribution is 0.00819. The summed E-state index contributed by atoms with van der Waals surface area (Å²) in [6.45, 7) is 0.539. The third-order valence-electron chi connectivity index (χ3n) is 5.45. The fourth-order valence-electron chi connectivity index (χ4n) is 3.64. The minimum absolute atomic E-state index is 0.704. The number of nitrogens with zero attached hydrogens (tertiary/aromatic N) is 3. The maximum Gasteiger partial charge on any atom is 0.379 e.